The fourth-order valence-corrected chi connectivity index (χ4v) is 2.29. The molecule has 1 aromatic heterocycles. The molecule has 2 aromatic rings. The summed E-state index contributed by atoms with van der Waals surface area (Å²) in [7, 11) is 0. The van der Waals surface area contributed by atoms with Crippen molar-refractivity contribution in [2.45, 2.75) is 26.7 Å². The summed E-state index contributed by atoms with van der Waals surface area (Å²) in [4.78, 5) is 21.8. The highest BCUT2D eigenvalue weighted by molar-refractivity contribution is 5.96. The first-order valence-corrected chi connectivity index (χ1v) is 6.90. The Morgan fingerprint density at radius 1 is 1.20 bits per heavy atom. The molecule has 2 rings (SSSR count). The molecule has 5 heteroatoms. The van der Waals surface area contributed by atoms with Crippen LogP contribution in [0.25, 0.3) is 10.9 Å². The average molecular weight is 273 g/mol. The molecule has 0 spiro atoms. The summed E-state index contributed by atoms with van der Waals surface area (Å²) in [6.07, 6.45) is 3.58. The minimum atomic E-state index is -0.939. The lowest BCUT2D eigenvalue weighted by Gasteiger charge is -2.23. The highest BCUT2D eigenvalue weighted by Gasteiger charge is 2.12. The summed E-state index contributed by atoms with van der Waals surface area (Å²) < 4.78 is 0. The van der Waals surface area contributed by atoms with Gasteiger partial charge in [-0.2, -0.15) is 0 Å². The molecule has 0 saturated carbocycles. The molecule has 0 aliphatic heterocycles. The Morgan fingerprint density at radius 2 is 1.90 bits per heavy atom. The average Bonchev–Trinajstić information content (AvgIpc) is 2.45. The van der Waals surface area contributed by atoms with Crippen molar-refractivity contribution in [1.29, 1.82) is 0 Å². The smallest absolute Gasteiger partial charge is 0.335 e. The lowest BCUT2D eigenvalue weighted by Crippen LogP contribution is -2.26. The van der Waals surface area contributed by atoms with Gasteiger partial charge in [-0.1, -0.05) is 13.8 Å². The highest BCUT2D eigenvalue weighted by Crippen LogP contribution is 2.24. The van der Waals surface area contributed by atoms with E-state index in [0.717, 1.165) is 37.1 Å². The van der Waals surface area contributed by atoms with Gasteiger partial charge in [0.05, 0.1) is 11.1 Å². The molecular formula is C15H19N3O2. The van der Waals surface area contributed by atoms with Crippen LogP contribution in [0.15, 0.2) is 24.5 Å². The number of hydrogen-bond donors (Lipinski definition) is 1. The van der Waals surface area contributed by atoms with Gasteiger partial charge >= 0.3 is 5.97 Å². The number of aromatic nitrogens is 2. The van der Waals surface area contributed by atoms with E-state index in [9.17, 15) is 4.79 Å². The van der Waals surface area contributed by atoms with E-state index < -0.39 is 5.97 Å². The fourth-order valence-electron chi connectivity index (χ4n) is 2.29. The standard InChI is InChI=1S/C15H19N3O2/c1-3-7-18(8-4-2)14-12-6-5-11(15(19)20)9-13(12)16-10-17-14/h5-6,9-10H,3-4,7-8H2,1-2H3,(H,19,20). The van der Waals surface area contributed by atoms with Gasteiger partial charge in [0, 0.05) is 18.5 Å². The van der Waals surface area contributed by atoms with E-state index in [1.54, 1.807) is 18.2 Å². The molecule has 20 heavy (non-hydrogen) atoms. The van der Waals surface area contributed by atoms with E-state index in [-0.39, 0.29) is 5.56 Å². The zero-order valence-electron chi connectivity index (χ0n) is 11.8. The van der Waals surface area contributed by atoms with Crippen molar-refractivity contribution in [3.63, 3.8) is 0 Å². The number of hydrogen-bond acceptors (Lipinski definition) is 4. The maximum atomic E-state index is 11.0. The number of aromatic carboxylic acids is 1. The first-order valence-electron chi connectivity index (χ1n) is 6.90. The van der Waals surface area contributed by atoms with Crippen molar-refractivity contribution in [2.75, 3.05) is 18.0 Å². The summed E-state index contributed by atoms with van der Waals surface area (Å²) in [6, 6.07) is 5.00. The molecule has 0 fully saturated rings. The van der Waals surface area contributed by atoms with Gasteiger partial charge in [0.1, 0.15) is 12.1 Å². The minimum absolute atomic E-state index is 0.250. The Morgan fingerprint density at radius 3 is 2.50 bits per heavy atom. The monoisotopic (exact) mass is 273 g/mol. The number of carboxylic acid groups (broad SMARTS) is 1. The highest BCUT2D eigenvalue weighted by atomic mass is 16.4. The SMILES string of the molecule is CCCN(CCC)c1ncnc2cc(C(=O)O)ccc12. The molecule has 0 atom stereocenters. The fraction of sp³-hybridized carbons (Fsp3) is 0.400. The van der Waals surface area contributed by atoms with Crippen molar-refractivity contribution >= 4 is 22.7 Å². The van der Waals surface area contributed by atoms with Gasteiger partial charge in [-0.25, -0.2) is 14.8 Å². The van der Waals surface area contributed by atoms with Gasteiger partial charge < -0.3 is 10.0 Å². The molecule has 0 radical (unpaired) electrons. The molecule has 106 valence electrons. The van der Waals surface area contributed by atoms with Crippen molar-refractivity contribution in [3.05, 3.63) is 30.1 Å². The molecular weight excluding hydrogens is 254 g/mol. The van der Waals surface area contributed by atoms with Gasteiger partial charge in [0.15, 0.2) is 0 Å². The number of fused-ring (bicyclic) bond motifs is 1. The van der Waals surface area contributed by atoms with Crippen molar-refractivity contribution in [3.8, 4) is 0 Å². The van der Waals surface area contributed by atoms with Crippen LogP contribution >= 0.6 is 0 Å². The maximum absolute atomic E-state index is 11.0. The van der Waals surface area contributed by atoms with Crippen LogP contribution in [-0.2, 0) is 0 Å². The number of rotatable bonds is 6. The maximum Gasteiger partial charge on any atom is 0.335 e. The Hall–Kier alpha value is -2.17. The van der Waals surface area contributed by atoms with Crippen LogP contribution in [0, 0.1) is 0 Å². The number of nitrogens with zero attached hydrogens (tertiary/aromatic N) is 3. The Balaban J connectivity index is 2.50. The molecule has 1 N–H and O–H groups in total. The van der Waals surface area contributed by atoms with Crippen LogP contribution in [0.2, 0.25) is 0 Å². The van der Waals surface area contributed by atoms with Crippen LogP contribution in [0.1, 0.15) is 37.0 Å². The third kappa shape index (κ3) is 2.87. The van der Waals surface area contributed by atoms with E-state index in [0.29, 0.717) is 5.52 Å². The predicted octanol–water partition coefficient (Wildman–Crippen LogP) is 2.95. The quantitative estimate of drug-likeness (QED) is 0.876. The number of benzene rings is 1. The molecule has 1 aromatic carbocycles. The molecule has 0 amide bonds. The van der Waals surface area contributed by atoms with E-state index in [2.05, 4.69) is 28.7 Å². The van der Waals surface area contributed by atoms with E-state index >= 15 is 0 Å². The summed E-state index contributed by atoms with van der Waals surface area (Å²) >= 11 is 0. The number of anilines is 1. The van der Waals surface area contributed by atoms with Crippen molar-refractivity contribution < 1.29 is 9.90 Å². The lowest BCUT2D eigenvalue weighted by atomic mass is 10.1. The molecule has 0 bridgehead atoms. The van der Waals surface area contributed by atoms with E-state index in [1.165, 1.54) is 6.33 Å². The van der Waals surface area contributed by atoms with Gasteiger partial charge in [0.25, 0.3) is 0 Å². The number of carboxylic acids is 1. The summed E-state index contributed by atoms with van der Waals surface area (Å²) in [5, 5.41) is 9.94. The first-order chi connectivity index (χ1) is 9.67. The van der Waals surface area contributed by atoms with Crippen molar-refractivity contribution in [2.24, 2.45) is 0 Å². The molecule has 0 aliphatic rings. The second-order valence-electron chi connectivity index (χ2n) is 4.72. The van der Waals surface area contributed by atoms with Crippen LogP contribution in [0.5, 0.6) is 0 Å². The van der Waals surface area contributed by atoms with Crippen LogP contribution in [0.3, 0.4) is 0 Å². The first kappa shape index (κ1) is 14.2. The van der Waals surface area contributed by atoms with E-state index in [1.807, 2.05) is 0 Å². The molecule has 0 saturated heterocycles. The Labute approximate surface area is 118 Å². The Bertz CT molecular complexity index is 607. The second kappa shape index (κ2) is 6.32. The second-order valence-corrected chi connectivity index (χ2v) is 4.72. The lowest BCUT2D eigenvalue weighted by molar-refractivity contribution is 0.0697. The Kier molecular flexibility index (Phi) is 4.50. The summed E-state index contributed by atoms with van der Waals surface area (Å²) in [5.41, 5.74) is 0.923. The molecule has 0 aliphatic carbocycles. The summed E-state index contributed by atoms with van der Waals surface area (Å²) in [5.74, 6) is -0.0540. The third-order valence-corrected chi connectivity index (χ3v) is 3.15. The minimum Gasteiger partial charge on any atom is -0.478 e. The third-order valence-electron chi connectivity index (χ3n) is 3.15. The topological polar surface area (TPSA) is 66.3 Å². The number of carbonyl (C=O) groups is 1. The summed E-state index contributed by atoms with van der Waals surface area (Å²) in [6.45, 7) is 6.13. The zero-order valence-corrected chi connectivity index (χ0v) is 11.8. The predicted molar refractivity (Wildman–Crippen MR) is 79.3 cm³/mol. The molecule has 1 heterocycles. The van der Waals surface area contributed by atoms with Crippen LogP contribution in [-0.4, -0.2) is 34.1 Å². The zero-order chi connectivity index (χ0) is 14.5. The van der Waals surface area contributed by atoms with Crippen LogP contribution in [0.4, 0.5) is 5.82 Å². The van der Waals surface area contributed by atoms with Gasteiger partial charge in [0.2, 0.25) is 0 Å². The normalized spacial score (nSPS) is 10.7. The largest absolute Gasteiger partial charge is 0.478 e. The van der Waals surface area contributed by atoms with Gasteiger partial charge in [-0.15, -0.1) is 0 Å². The van der Waals surface area contributed by atoms with Crippen molar-refractivity contribution in [1.82, 2.24) is 9.97 Å². The van der Waals surface area contributed by atoms with Crippen LogP contribution < -0.4 is 4.90 Å². The molecule has 0 unspecified atom stereocenters. The van der Waals surface area contributed by atoms with Gasteiger partial charge in [-0.3, -0.25) is 0 Å². The molecule has 5 nitrogen and oxygen atoms in total. The van der Waals surface area contributed by atoms with E-state index in [4.69, 9.17) is 5.11 Å². The van der Waals surface area contributed by atoms with Gasteiger partial charge in [-0.05, 0) is 31.0 Å².